The zero-order valence-electron chi connectivity index (χ0n) is 12.1. The molecule has 8 heteroatoms. The highest BCUT2D eigenvalue weighted by atomic mass is 79.9. The second-order valence-electron chi connectivity index (χ2n) is 5.55. The molecule has 0 spiro atoms. The minimum absolute atomic E-state index is 0.358. The third-order valence-corrected chi connectivity index (χ3v) is 4.65. The molecule has 1 aliphatic carbocycles. The van der Waals surface area contributed by atoms with E-state index in [1.807, 2.05) is 23.9 Å². The summed E-state index contributed by atoms with van der Waals surface area (Å²) in [6, 6.07) is 3.95. The SMILES string of the molecule is Cn1ncnc1COc1ccc2c(nnn2CC2CC2)c1Br. The third kappa shape index (κ3) is 2.47. The average Bonchev–Trinajstić information content (AvgIpc) is 3.09. The van der Waals surface area contributed by atoms with Crippen LogP contribution in [-0.2, 0) is 20.2 Å². The van der Waals surface area contributed by atoms with Crippen LogP contribution in [0.5, 0.6) is 5.75 Å². The molecule has 4 rings (SSSR count). The van der Waals surface area contributed by atoms with Gasteiger partial charge in [0.2, 0.25) is 0 Å². The van der Waals surface area contributed by atoms with Crippen molar-refractivity contribution in [1.29, 1.82) is 0 Å². The fourth-order valence-electron chi connectivity index (χ4n) is 2.37. The van der Waals surface area contributed by atoms with Crippen LogP contribution in [0.2, 0.25) is 0 Å². The van der Waals surface area contributed by atoms with Gasteiger partial charge in [0.15, 0.2) is 5.82 Å². The Morgan fingerprint density at radius 1 is 1.36 bits per heavy atom. The van der Waals surface area contributed by atoms with Gasteiger partial charge in [0.25, 0.3) is 0 Å². The Kier molecular flexibility index (Phi) is 3.33. The van der Waals surface area contributed by atoms with Gasteiger partial charge >= 0.3 is 0 Å². The summed E-state index contributed by atoms with van der Waals surface area (Å²) in [5, 5.41) is 12.6. The molecule has 1 saturated carbocycles. The number of nitrogens with zero attached hydrogens (tertiary/aromatic N) is 6. The summed E-state index contributed by atoms with van der Waals surface area (Å²) < 4.78 is 10.3. The Labute approximate surface area is 135 Å². The van der Waals surface area contributed by atoms with E-state index in [0.29, 0.717) is 6.61 Å². The molecule has 0 radical (unpaired) electrons. The molecule has 22 heavy (non-hydrogen) atoms. The molecule has 0 aliphatic heterocycles. The van der Waals surface area contributed by atoms with Gasteiger partial charge in [0, 0.05) is 13.6 Å². The molecule has 7 nitrogen and oxygen atoms in total. The molecule has 0 unspecified atom stereocenters. The molecule has 0 bridgehead atoms. The van der Waals surface area contributed by atoms with Crippen molar-refractivity contribution in [3.05, 3.63) is 28.8 Å². The van der Waals surface area contributed by atoms with E-state index < -0.39 is 0 Å². The molecule has 0 atom stereocenters. The maximum absolute atomic E-state index is 5.83. The zero-order chi connectivity index (χ0) is 15.1. The number of hydrogen-bond donors (Lipinski definition) is 0. The van der Waals surface area contributed by atoms with Gasteiger partial charge in [-0.15, -0.1) is 5.10 Å². The highest BCUT2D eigenvalue weighted by Gasteiger charge is 2.23. The van der Waals surface area contributed by atoms with Gasteiger partial charge < -0.3 is 4.74 Å². The molecule has 0 saturated heterocycles. The third-order valence-electron chi connectivity index (χ3n) is 3.88. The fourth-order valence-corrected chi connectivity index (χ4v) is 2.90. The summed E-state index contributed by atoms with van der Waals surface area (Å²) >= 11 is 3.58. The Hall–Kier alpha value is -1.96. The first-order chi connectivity index (χ1) is 10.7. The fraction of sp³-hybridized carbons (Fsp3) is 0.429. The lowest BCUT2D eigenvalue weighted by atomic mass is 10.3. The first kappa shape index (κ1) is 13.7. The topological polar surface area (TPSA) is 70.7 Å². The molecular weight excluding hydrogens is 348 g/mol. The number of halogens is 1. The largest absolute Gasteiger partial charge is 0.484 e. The van der Waals surface area contributed by atoms with Crippen molar-refractivity contribution >= 4 is 27.0 Å². The molecule has 0 N–H and O–H groups in total. The molecule has 1 aliphatic rings. The molecule has 0 amide bonds. The van der Waals surface area contributed by atoms with Gasteiger partial charge in [-0.1, -0.05) is 5.21 Å². The number of benzene rings is 1. The molecule has 2 heterocycles. The van der Waals surface area contributed by atoms with Crippen LogP contribution in [0.4, 0.5) is 0 Å². The maximum Gasteiger partial charge on any atom is 0.164 e. The minimum atomic E-state index is 0.358. The second kappa shape index (κ2) is 5.35. The van der Waals surface area contributed by atoms with E-state index in [0.717, 1.165) is 39.5 Å². The Bertz CT molecular complexity index is 822. The van der Waals surface area contributed by atoms with Crippen LogP contribution in [-0.4, -0.2) is 29.8 Å². The van der Waals surface area contributed by atoms with Crippen molar-refractivity contribution < 1.29 is 4.74 Å². The molecule has 1 fully saturated rings. The normalized spacial score (nSPS) is 14.6. The van der Waals surface area contributed by atoms with E-state index in [-0.39, 0.29) is 0 Å². The van der Waals surface area contributed by atoms with Crippen LogP contribution in [0.15, 0.2) is 22.9 Å². The smallest absolute Gasteiger partial charge is 0.164 e. The molecule has 114 valence electrons. The Morgan fingerprint density at radius 3 is 2.95 bits per heavy atom. The quantitative estimate of drug-likeness (QED) is 0.696. The Morgan fingerprint density at radius 2 is 2.23 bits per heavy atom. The minimum Gasteiger partial charge on any atom is -0.484 e. The number of aromatic nitrogens is 6. The van der Waals surface area contributed by atoms with E-state index in [2.05, 4.69) is 36.3 Å². The molecule has 1 aromatic carbocycles. The monoisotopic (exact) mass is 362 g/mol. The van der Waals surface area contributed by atoms with Crippen LogP contribution in [0.25, 0.3) is 11.0 Å². The summed E-state index contributed by atoms with van der Waals surface area (Å²) in [4.78, 5) is 4.15. The van der Waals surface area contributed by atoms with Crippen LogP contribution >= 0.6 is 15.9 Å². The van der Waals surface area contributed by atoms with E-state index in [4.69, 9.17) is 4.74 Å². The van der Waals surface area contributed by atoms with Gasteiger partial charge in [0.1, 0.15) is 24.2 Å². The number of fused-ring (bicyclic) bond motifs is 1. The lowest BCUT2D eigenvalue weighted by molar-refractivity contribution is 0.288. The maximum atomic E-state index is 5.83. The van der Waals surface area contributed by atoms with Crippen LogP contribution in [0, 0.1) is 5.92 Å². The van der Waals surface area contributed by atoms with Gasteiger partial charge in [0.05, 0.1) is 9.99 Å². The predicted octanol–water partition coefficient (Wildman–Crippen LogP) is 2.31. The summed E-state index contributed by atoms with van der Waals surface area (Å²) in [7, 11) is 1.84. The molecular formula is C14H15BrN6O. The number of rotatable bonds is 5. The summed E-state index contributed by atoms with van der Waals surface area (Å²) in [6.45, 7) is 1.30. The van der Waals surface area contributed by atoms with Gasteiger partial charge in [-0.25, -0.2) is 9.67 Å². The predicted molar refractivity (Wildman–Crippen MR) is 83.3 cm³/mol. The van der Waals surface area contributed by atoms with Crippen molar-refractivity contribution in [1.82, 2.24) is 29.8 Å². The zero-order valence-corrected chi connectivity index (χ0v) is 13.7. The van der Waals surface area contributed by atoms with Gasteiger partial charge in [-0.2, -0.15) is 5.10 Å². The van der Waals surface area contributed by atoms with Crippen molar-refractivity contribution in [2.75, 3.05) is 0 Å². The molecule has 3 aromatic rings. The first-order valence-corrected chi connectivity index (χ1v) is 7.99. The van der Waals surface area contributed by atoms with Crippen LogP contribution < -0.4 is 4.74 Å². The highest BCUT2D eigenvalue weighted by Crippen LogP contribution is 2.35. The van der Waals surface area contributed by atoms with Crippen molar-refractivity contribution in [3.8, 4) is 5.75 Å². The van der Waals surface area contributed by atoms with E-state index in [1.165, 1.54) is 19.2 Å². The van der Waals surface area contributed by atoms with E-state index >= 15 is 0 Å². The first-order valence-electron chi connectivity index (χ1n) is 7.20. The van der Waals surface area contributed by atoms with Gasteiger partial charge in [-0.05, 0) is 46.8 Å². The lowest BCUT2D eigenvalue weighted by Gasteiger charge is -2.08. The number of hydrogen-bond acceptors (Lipinski definition) is 5. The highest BCUT2D eigenvalue weighted by molar-refractivity contribution is 9.10. The number of aryl methyl sites for hydroxylation is 1. The van der Waals surface area contributed by atoms with Crippen molar-refractivity contribution in [3.63, 3.8) is 0 Å². The van der Waals surface area contributed by atoms with E-state index in [1.54, 1.807) is 4.68 Å². The molecule has 2 aromatic heterocycles. The lowest BCUT2D eigenvalue weighted by Crippen LogP contribution is -2.05. The van der Waals surface area contributed by atoms with Crippen molar-refractivity contribution in [2.24, 2.45) is 13.0 Å². The van der Waals surface area contributed by atoms with Crippen LogP contribution in [0.1, 0.15) is 18.7 Å². The number of ether oxygens (including phenoxy) is 1. The summed E-state index contributed by atoms with van der Waals surface area (Å²) in [5.74, 6) is 2.26. The Balaban J connectivity index is 1.59. The second-order valence-corrected chi connectivity index (χ2v) is 6.34. The van der Waals surface area contributed by atoms with E-state index in [9.17, 15) is 0 Å². The summed E-state index contributed by atoms with van der Waals surface area (Å²) in [6.07, 6.45) is 4.10. The van der Waals surface area contributed by atoms with Crippen molar-refractivity contribution in [2.45, 2.75) is 26.0 Å². The van der Waals surface area contributed by atoms with Crippen LogP contribution in [0.3, 0.4) is 0 Å². The van der Waals surface area contributed by atoms with Gasteiger partial charge in [-0.3, -0.25) is 4.68 Å². The standard InChI is InChI=1S/C14H15BrN6O/c1-20-12(16-8-17-20)7-22-11-5-4-10-14(13(11)15)18-19-21(10)6-9-2-3-9/h4-5,8-9H,2-3,6-7H2,1H3. The average molecular weight is 363 g/mol. The summed E-state index contributed by atoms with van der Waals surface area (Å²) in [5.41, 5.74) is 1.86.